The number of likely N-dealkylation sites (tertiary alicyclic amines) is 1. The maximum absolute atomic E-state index is 13.8. The largest absolute Gasteiger partial charge is 0.391 e. The van der Waals surface area contributed by atoms with Gasteiger partial charge in [0.1, 0.15) is 12.1 Å². The van der Waals surface area contributed by atoms with Gasteiger partial charge in [-0.05, 0) is 30.0 Å². The number of nitrogens with one attached hydrogen (secondary N) is 1. The maximum atomic E-state index is 13.8. The fraction of sp³-hybridized carbons (Fsp3) is 0.400. The van der Waals surface area contributed by atoms with Crippen molar-refractivity contribution in [1.82, 2.24) is 24.7 Å². The monoisotopic (exact) mass is 529 g/mol. The number of amides is 3. The lowest BCUT2D eigenvalue weighted by Crippen LogP contribution is -2.55. The third-order valence-electron chi connectivity index (χ3n) is 7.75. The molecule has 0 spiro atoms. The Bertz CT molecular complexity index is 1380. The van der Waals surface area contributed by atoms with Crippen LogP contribution < -0.4 is 5.32 Å². The van der Waals surface area contributed by atoms with Crippen LogP contribution in [0.1, 0.15) is 47.4 Å². The molecule has 39 heavy (non-hydrogen) atoms. The number of aromatic nitrogens is 2. The maximum Gasteiger partial charge on any atom is 0.255 e. The normalized spacial score (nSPS) is 19.5. The van der Waals surface area contributed by atoms with Gasteiger partial charge in [0.05, 0.1) is 23.8 Å². The summed E-state index contributed by atoms with van der Waals surface area (Å²) in [6.07, 6.45) is 1.14. The first kappa shape index (κ1) is 26.6. The Labute approximate surface area is 228 Å². The van der Waals surface area contributed by atoms with Crippen LogP contribution in [0.2, 0.25) is 0 Å². The predicted octanol–water partition coefficient (Wildman–Crippen LogP) is 2.65. The number of β-amino-alcohol motifs (C(OH)–C–C–N with tert-alkyl or cyclic N) is 1. The second-order valence-corrected chi connectivity index (χ2v) is 10.9. The molecule has 1 aromatic heterocycles. The van der Waals surface area contributed by atoms with Gasteiger partial charge in [-0.25, -0.2) is 4.98 Å². The Kier molecular flexibility index (Phi) is 7.27. The van der Waals surface area contributed by atoms with E-state index in [0.717, 1.165) is 28.1 Å². The minimum Gasteiger partial charge on any atom is -0.391 e. The lowest BCUT2D eigenvalue weighted by molar-refractivity contribution is -0.143. The first-order valence-electron chi connectivity index (χ1n) is 13.4. The molecule has 2 N–H and O–H groups in total. The number of carbonyl (C=O) groups is 3. The van der Waals surface area contributed by atoms with E-state index in [0.29, 0.717) is 18.7 Å². The molecule has 204 valence electrons. The molecule has 9 heteroatoms. The van der Waals surface area contributed by atoms with Gasteiger partial charge in [-0.3, -0.25) is 14.4 Å². The molecule has 2 aliphatic rings. The Morgan fingerprint density at radius 3 is 2.49 bits per heavy atom. The molecule has 1 unspecified atom stereocenters. The number of aryl methyl sites for hydroxylation is 2. The van der Waals surface area contributed by atoms with E-state index < -0.39 is 18.2 Å². The SMILES string of the molecule is Cc1ncn(C)c1-c1ccc(CNC(=O)[C@@H]2C[C@@H](O)CN2C(=O)C(C(C)C)N2Cc3ccccc3C2=O)cc1. The van der Waals surface area contributed by atoms with Gasteiger partial charge in [0.25, 0.3) is 5.91 Å². The van der Waals surface area contributed by atoms with E-state index in [-0.39, 0.29) is 36.6 Å². The van der Waals surface area contributed by atoms with Gasteiger partial charge in [-0.1, -0.05) is 56.3 Å². The molecule has 2 aromatic carbocycles. The number of benzene rings is 2. The summed E-state index contributed by atoms with van der Waals surface area (Å²) in [5, 5.41) is 13.4. The molecule has 9 nitrogen and oxygen atoms in total. The van der Waals surface area contributed by atoms with Crippen LogP contribution >= 0.6 is 0 Å². The number of aliphatic hydroxyl groups is 1. The van der Waals surface area contributed by atoms with Gasteiger partial charge in [-0.15, -0.1) is 0 Å². The smallest absolute Gasteiger partial charge is 0.255 e. The highest BCUT2D eigenvalue weighted by molar-refractivity contribution is 6.01. The van der Waals surface area contributed by atoms with E-state index in [1.807, 2.05) is 74.9 Å². The first-order chi connectivity index (χ1) is 18.7. The summed E-state index contributed by atoms with van der Waals surface area (Å²) < 4.78 is 1.97. The van der Waals surface area contributed by atoms with E-state index in [1.54, 1.807) is 17.3 Å². The molecular weight excluding hydrogens is 494 g/mol. The number of fused-ring (bicyclic) bond motifs is 1. The molecule has 3 atom stereocenters. The molecular formula is C30H35N5O4. The lowest BCUT2D eigenvalue weighted by atomic mass is 10.0. The number of hydrogen-bond donors (Lipinski definition) is 2. The van der Waals surface area contributed by atoms with Gasteiger partial charge >= 0.3 is 0 Å². The van der Waals surface area contributed by atoms with Crippen LogP contribution in [-0.4, -0.2) is 66.9 Å². The standard InChI is InChI=1S/C30H35N5O4/c1-18(2)26(35-15-22-7-5-6-8-24(22)29(35)38)30(39)34-16-23(36)13-25(34)28(37)31-14-20-9-11-21(12-10-20)27-19(3)32-17-33(27)4/h5-12,17-18,23,25-26,36H,13-16H2,1-4H3,(H,31,37)/t23-,25+,26?/m1/s1. The molecule has 5 rings (SSSR count). The van der Waals surface area contributed by atoms with E-state index in [1.165, 1.54) is 4.90 Å². The Morgan fingerprint density at radius 2 is 1.85 bits per heavy atom. The quantitative estimate of drug-likeness (QED) is 0.489. The summed E-state index contributed by atoms with van der Waals surface area (Å²) in [5.41, 5.74) is 5.44. The van der Waals surface area contributed by atoms with Crippen molar-refractivity contribution in [2.45, 2.75) is 58.5 Å². The van der Waals surface area contributed by atoms with Gasteiger partial charge in [-0.2, -0.15) is 0 Å². The van der Waals surface area contributed by atoms with Crippen molar-refractivity contribution in [1.29, 1.82) is 0 Å². The number of hydrogen-bond acceptors (Lipinski definition) is 5. The molecule has 0 radical (unpaired) electrons. The average Bonchev–Trinajstić information content (AvgIpc) is 3.58. The highest BCUT2D eigenvalue weighted by atomic mass is 16.3. The van der Waals surface area contributed by atoms with Crippen LogP contribution in [0, 0.1) is 12.8 Å². The number of carbonyl (C=O) groups excluding carboxylic acids is 3. The van der Waals surface area contributed by atoms with Crippen molar-refractivity contribution in [2.24, 2.45) is 13.0 Å². The third kappa shape index (κ3) is 5.06. The molecule has 0 bridgehead atoms. The number of imidazole rings is 1. The van der Waals surface area contributed by atoms with Crippen molar-refractivity contribution >= 4 is 17.7 Å². The van der Waals surface area contributed by atoms with E-state index in [9.17, 15) is 19.5 Å². The molecule has 2 aliphatic heterocycles. The van der Waals surface area contributed by atoms with Crippen molar-refractivity contribution in [3.05, 3.63) is 77.2 Å². The molecule has 1 fully saturated rings. The van der Waals surface area contributed by atoms with Crippen molar-refractivity contribution < 1.29 is 19.5 Å². The predicted molar refractivity (Wildman–Crippen MR) is 146 cm³/mol. The van der Waals surface area contributed by atoms with Crippen molar-refractivity contribution in [3.63, 3.8) is 0 Å². The molecule has 3 heterocycles. The molecule has 0 aliphatic carbocycles. The zero-order valence-corrected chi connectivity index (χ0v) is 22.8. The van der Waals surface area contributed by atoms with Crippen LogP contribution in [0.5, 0.6) is 0 Å². The summed E-state index contributed by atoms with van der Waals surface area (Å²) in [7, 11) is 1.95. The topological polar surface area (TPSA) is 108 Å². The Hall–Kier alpha value is -3.98. The number of aliphatic hydroxyl groups excluding tert-OH is 1. The van der Waals surface area contributed by atoms with E-state index in [2.05, 4.69) is 10.3 Å². The molecule has 3 aromatic rings. The summed E-state index contributed by atoms with van der Waals surface area (Å²) in [6, 6.07) is 13.8. The Morgan fingerprint density at radius 1 is 1.13 bits per heavy atom. The van der Waals surface area contributed by atoms with E-state index in [4.69, 9.17) is 0 Å². The average molecular weight is 530 g/mol. The fourth-order valence-electron chi connectivity index (χ4n) is 5.80. The number of nitrogens with zero attached hydrogens (tertiary/aromatic N) is 4. The van der Waals surface area contributed by atoms with Gasteiger partial charge < -0.3 is 24.8 Å². The zero-order valence-electron chi connectivity index (χ0n) is 22.8. The second-order valence-electron chi connectivity index (χ2n) is 10.9. The zero-order chi connectivity index (χ0) is 27.8. The highest BCUT2D eigenvalue weighted by Gasteiger charge is 2.45. The van der Waals surface area contributed by atoms with Gasteiger partial charge in [0.2, 0.25) is 11.8 Å². The second kappa shape index (κ2) is 10.6. The van der Waals surface area contributed by atoms with Crippen LogP contribution in [0.3, 0.4) is 0 Å². The van der Waals surface area contributed by atoms with Gasteiger partial charge in [0, 0.05) is 44.2 Å². The molecule has 3 amide bonds. The van der Waals surface area contributed by atoms with E-state index >= 15 is 0 Å². The van der Waals surface area contributed by atoms with Crippen LogP contribution in [0.15, 0.2) is 54.9 Å². The Balaban J connectivity index is 1.27. The molecule has 1 saturated heterocycles. The summed E-state index contributed by atoms with van der Waals surface area (Å²) >= 11 is 0. The minimum atomic E-state index is -0.801. The van der Waals surface area contributed by atoms with Crippen molar-refractivity contribution in [3.8, 4) is 11.3 Å². The number of rotatable bonds is 7. The van der Waals surface area contributed by atoms with Crippen LogP contribution in [0.25, 0.3) is 11.3 Å². The first-order valence-corrected chi connectivity index (χ1v) is 13.4. The van der Waals surface area contributed by atoms with Crippen LogP contribution in [0.4, 0.5) is 0 Å². The summed E-state index contributed by atoms with van der Waals surface area (Å²) in [4.78, 5) is 47.7. The fourth-order valence-corrected chi connectivity index (χ4v) is 5.80. The highest BCUT2D eigenvalue weighted by Crippen LogP contribution is 2.30. The van der Waals surface area contributed by atoms with Gasteiger partial charge in [0.15, 0.2) is 0 Å². The summed E-state index contributed by atoms with van der Waals surface area (Å²) in [5.74, 6) is -0.967. The molecule has 0 saturated carbocycles. The summed E-state index contributed by atoms with van der Waals surface area (Å²) in [6.45, 7) is 6.48. The third-order valence-corrected chi connectivity index (χ3v) is 7.75. The lowest BCUT2D eigenvalue weighted by Gasteiger charge is -2.35. The van der Waals surface area contributed by atoms with Crippen molar-refractivity contribution in [2.75, 3.05) is 6.54 Å². The van der Waals surface area contributed by atoms with Crippen LogP contribution in [-0.2, 0) is 29.7 Å². The minimum absolute atomic E-state index is 0.0634.